The van der Waals surface area contributed by atoms with Gasteiger partial charge in [0.25, 0.3) is 11.6 Å². The van der Waals surface area contributed by atoms with Crippen LogP contribution in [0.25, 0.3) is 0 Å². The molecule has 0 aromatic heterocycles. The Morgan fingerprint density at radius 2 is 1.64 bits per heavy atom. The average Bonchev–Trinajstić information content (AvgIpc) is 2.69. The molecule has 0 spiro atoms. The standard InChI is InChI=1S/C19H21N3O5S/c1-14-10-12-21(13-11-14)28(26,27)18-8-2-15(3-9-18)19(23)20-16-4-6-17(7-5-16)22(24)25/h2-9,14H,10-13H2,1H3,(H,20,23). The summed E-state index contributed by atoms with van der Waals surface area (Å²) in [6, 6.07) is 11.2. The Hall–Kier alpha value is -2.78. The number of piperidine rings is 1. The van der Waals surface area contributed by atoms with Crippen LogP contribution < -0.4 is 5.32 Å². The zero-order valence-electron chi connectivity index (χ0n) is 15.4. The third kappa shape index (κ3) is 4.37. The first-order valence-corrected chi connectivity index (χ1v) is 10.4. The number of rotatable bonds is 5. The van der Waals surface area contributed by atoms with E-state index in [0.29, 0.717) is 30.3 Å². The van der Waals surface area contributed by atoms with E-state index in [1.54, 1.807) is 0 Å². The van der Waals surface area contributed by atoms with E-state index in [1.165, 1.54) is 52.8 Å². The van der Waals surface area contributed by atoms with Gasteiger partial charge in [0.15, 0.2) is 0 Å². The maximum absolute atomic E-state index is 12.7. The first-order valence-electron chi connectivity index (χ1n) is 8.93. The van der Waals surface area contributed by atoms with Crippen molar-refractivity contribution >= 4 is 27.3 Å². The number of non-ortho nitro benzene ring substituents is 1. The van der Waals surface area contributed by atoms with Gasteiger partial charge in [0, 0.05) is 36.5 Å². The van der Waals surface area contributed by atoms with Crippen molar-refractivity contribution in [3.8, 4) is 0 Å². The first-order chi connectivity index (χ1) is 13.3. The number of nitro groups is 1. The second kappa shape index (κ2) is 8.07. The Morgan fingerprint density at radius 3 is 2.18 bits per heavy atom. The SMILES string of the molecule is CC1CCN(S(=O)(=O)c2ccc(C(=O)Nc3ccc([N+](=O)[O-])cc3)cc2)CC1. The van der Waals surface area contributed by atoms with Gasteiger partial charge in [0.1, 0.15) is 0 Å². The quantitative estimate of drug-likeness (QED) is 0.609. The molecule has 0 saturated carbocycles. The smallest absolute Gasteiger partial charge is 0.269 e. The molecular weight excluding hydrogens is 382 g/mol. The normalized spacial score (nSPS) is 15.9. The summed E-state index contributed by atoms with van der Waals surface area (Å²) in [6.45, 7) is 3.13. The molecule has 3 rings (SSSR count). The minimum absolute atomic E-state index is 0.0698. The van der Waals surface area contributed by atoms with Crippen LogP contribution in [0.4, 0.5) is 11.4 Å². The summed E-state index contributed by atoms with van der Waals surface area (Å²) in [7, 11) is -3.56. The molecule has 0 aliphatic carbocycles. The summed E-state index contributed by atoms with van der Waals surface area (Å²) in [5, 5.41) is 13.3. The van der Waals surface area contributed by atoms with Gasteiger partial charge in [0.05, 0.1) is 9.82 Å². The number of amides is 1. The molecule has 8 nitrogen and oxygen atoms in total. The fourth-order valence-electron chi connectivity index (χ4n) is 3.02. The molecule has 0 atom stereocenters. The maximum Gasteiger partial charge on any atom is 0.269 e. The summed E-state index contributed by atoms with van der Waals surface area (Å²) in [5.41, 5.74) is 0.638. The van der Waals surface area contributed by atoms with Crippen LogP contribution in [-0.2, 0) is 10.0 Å². The lowest BCUT2D eigenvalue weighted by Crippen LogP contribution is -2.37. The van der Waals surface area contributed by atoms with Gasteiger partial charge in [-0.1, -0.05) is 6.92 Å². The van der Waals surface area contributed by atoms with Gasteiger partial charge in [-0.15, -0.1) is 0 Å². The molecule has 1 amide bonds. The largest absolute Gasteiger partial charge is 0.322 e. The number of hydrogen-bond acceptors (Lipinski definition) is 5. The highest BCUT2D eigenvalue weighted by Crippen LogP contribution is 2.24. The Bertz CT molecular complexity index is 964. The number of sulfonamides is 1. The molecule has 2 aromatic rings. The minimum atomic E-state index is -3.56. The van der Waals surface area contributed by atoms with Gasteiger partial charge < -0.3 is 5.32 Å². The summed E-state index contributed by atoms with van der Waals surface area (Å²) in [6.07, 6.45) is 1.68. The molecule has 1 N–H and O–H groups in total. The second-order valence-electron chi connectivity index (χ2n) is 6.87. The molecular formula is C19H21N3O5S. The van der Waals surface area contributed by atoms with E-state index in [1.807, 2.05) is 0 Å². The third-order valence-corrected chi connectivity index (χ3v) is 6.75. The number of carbonyl (C=O) groups is 1. The van der Waals surface area contributed by atoms with Crippen molar-refractivity contribution in [2.75, 3.05) is 18.4 Å². The van der Waals surface area contributed by atoms with Gasteiger partial charge >= 0.3 is 0 Å². The van der Waals surface area contributed by atoms with Crippen LogP contribution in [0.3, 0.4) is 0 Å². The van der Waals surface area contributed by atoms with Crippen LogP contribution in [0.1, 0.15) is 30.1 Å². The van der Waals surface area contributed by atoms with Crippen LogP contribution in [-0.4, -0.2) is 36.6 Å². The first kappa shape index (κ1) is 20.0. The average molecular weight is 403 g/mol. The molecule has 148 valence electrons. The van der Waals surface area contributed by atoms with Crippen LogP contribution in [0.15, 0.2) is 53.4 Å². The van der Waals surface area contributed by atoms with Crippen molar-refractivity contribution in [3.63, 3.8) is 0 Å². The van der Waals surface area contributed by atoms with E-state index in [-0.39, 0.29) is 10.6 Å². The molecule has 1 aliphatic heterocycles. The monoisotopic (exact) mass is 403 g/mol. The number of hydrogen-bond donors (Lipinski definition) is 1. The van der Waals surface area contributed by atoms with Crippen LogP contribution >= 0.6 is 0 Å². The van der Waals surface area contributed by atoms with Crippen LogP contribution in [0.5, 0.6) is 0 Å². The van der Waals surface area contributed by atoms with Gasteiger partial charge in [-0.25, -0.2) is 8.42 Å². The minimum Gasteiger partial charge on any atom is -0.322 e. The van der Waals surface area contributed by atoms with Gasteiger partial charge in [-0.3, -0.25) is 14.9 Å². The molecule has 2 aromatic carbocycles. The lowest BCUT2D eigenvalue weighted by molar-refractivity contribution is -0.384. The number of nitro benzene ring substituents is 1. The number of anilines is 1. The molecule has 28 heavy (non-hydrogen) atoms. The summed E-state index contributed by atoms with van der Waals surface area (Å²) >= 11 is 0. The summed E-state index contributed by atoms with van der Waals surface area (Å²) in [4.78, 5) is 22.6. The van der Waals surface area contributed by atoms with E-state index < -0.39 is 20.9 Å². The van der Waals surface area contributed by atoms with E-state index in [2.05, 4.69) is 12.2 Å². The molecule has 9 heteroatoms. The second-order valence-corrected chi connectivity index (χ2v) is 8.81. The third-order valence-electron chi connectivity index (χ3n) is 4.83. The number of carbonyl (C=O) groups excluding carboxylic acids is 1. The van der Waals surface area contributed by atoms with Crippen molar-refractivity contribution < 1.29 is 18.1 Å². The highest BCUT2D eigenvalue weighted by Gasteiger charge is 2.28. The molecule has 1 fully saturated rings. The molecule has 0 bridgehead atoms. The summed E-state index contributed by atoms with van der Waals surface area (Å²) in [5.74, 6) is 0.0986. The van der Waals surface area contributed by atoms with Crippen LogP contribution in [0.2, 0.25) is 0 Å². The van der Waals surface area contributed by atoms with Crippen molar-refractivity contribution in [3.05, 3.63) is 64.2 Å². The van der Waals surface area contributed by atoms with Gasteiger partial charge in [-0.05, 0) is 55.2 Å². The Balaban J connectivity index is 1.69. The highest BCUT2D eigenvalue weighted by molar-refractivity contribution is 7.89. The molecule has 1 heterocycles. The fraction of sp³-hybridized carbons (Fsp3) is 0.316. The molecule has 0 unspecified atom stereocenters. The lowest BCUT2D eigenvalue weighted by atomic mass is 10.0. The van der Waals surface area contributed by atoms with E-state index >= 15 is 0 Å². The predicted molar refractivity (Wildman–Crippen MR) is 105 cm³/mol. The lowest BCUT2D eigenvalue weighted by Gasteiger charge is -2.29. The molecule has 1 aliphatic rings. The van der Waals surface area contributed by atoms with Gasteiger partial charge in [0.2, 0.25) is 10.0 Å². The van der Waals surface area contributed by atoms with Crippen molar-refractivity contribution in [1.29, 1.82) is 0 Å². The van der Waals surface area contributed by atoms with Gasteiger partial charge in [-0.2, -0.15) is 4.31 Å². The zero-order chi connectivity index (χ0) is 20.3. The number of nitrogens with zero attached hydrogens (tertiary/aromatic N) is 2. The van der Waals surface area contributed by atoms with Crippen molar-refractivity contribution in [1.82, 2.24) is 4.31 Å². The Morgan fingerprint density at radius 1 is 1.07 bits per heavy atom. The number of benzene rings is 2. The number of nitrogens with one attached hydrogen (secondary N) is 1. The molecule has 1 saturated heterocycles. The van der Waals surface area contributed by atoms with Crippen molar-refractivity contribution in [2.45, 2.75) is 24.7 Å². The Labute approximate surface area is 163 Å². The summed E-state index contributed by atoms with van der Waals surface area (Å²) < 4.78 is 26.9. The Kier molecular flexibility index (Phi) is 5.76. The molecule has 0 radical (unpaired) electrons. The van der Waals surface area contributed by atoms with Crippen LogP contribution in [0, 0.1) is 16.0 Å². The predicted octanol–water partition coefficient (Wildman–Crippen LogP) is 3.27. The highest BCUT2D eigenvalue weighted by atomic mass is 32.2. The van der Waals surface area contributed by atoms with E-state index in [9.17, 15) is 23.3 Å². The van der Waals surface area contributed by atoms with E-state index in [0.717, 1.165) is 12.8 Å². The topological polar surface area (TPSA) is 110 Å². The van der Waals surface area contributed by atoms with E-state index in [4.69, 9.17) is 0 Å². The zero-order valence-corrected chi connectivity index (χ0v) is 16.2. The van der Waals surface area contributed by atoms with Crippen molar-refractivity contribution in [2.24, 2.45) is 5.92 Å². The fourth-order valence-corrected chi connectivity index (χ4v) is 4.49. The maximum atomic E-state index is 12.7.